The van der Waals surface area contributed by atoms with Crippen molar-refractivity contribution in [2.75, 3.05) is 39.3 Å². The maximum absolute atomic E-state index is 11.3. The molecule has 2 N–H and O–H groups in total. The first-order valence-electron chi connectivity index (χ1n) is 14.7. The van der Waals surface area contributed by atoms with Crippen LogP contribution in [0, 0.1) is 0 Å². The molecule has 9 heteroatoms. The first kappa shape index (κ1) is 29.5. The maximum Gasteiger partial charge on any atom is 0.0845 e. The Labute approximate surface area is 275 Å². The highest BCUT2D eigenvalue weighted by molar-refractivity contribution is 9.11. The third-order valence-electron chi connectivity index (χ3n) is 8.71. The average Bonchev–Trinajstić information content (AvgIpc) is 3.46. The van der Waals surface area contributed by atoms with E-state index in [2.05, 4.69) is 146 Å². The van der Waals surface area contributed by atoms with Crippen molar-refractivity contribution in [3.8, 4) is 0 Å². The second-order valence-electron chi connectivity index (χ2n) is 11.6. The third kappa shape index (κ3) is 5.81. The van der Waals surface area contributed by atoms with E-state index in [4.69, 9.17) is 0 Å². The van der Waals surface area contributed by atoms with Gasteiger partial charge in [-0.25, -0.2) is 0 Å². The Bertz CT molecular complexity index is 1890. The monoisotopic (exact) mass is 766 g/mol. The van der Waals surface area contributed by atoms with Gasteiger partial charge in [0.15, 0.2) is 0 Å². The Morgan fingerprint density at radius 2 is 1.05 bits per heavy atom. The Hall–Kier alpha value is -2.24. The lowest BCUT2D eigenvalue weighted by Crippen LogP contribution is -2.50. The molecule has 43 heavy (non-hydrogen) atoms. The second kappa shape index (κ2) is 12.3. The first-order valence-corrected chi connectivity index (χ1v) is 17.1. The predicted octanol–water partition coefficient (Wildman–Crippen LogP) is 7.23. The number of hydrogen-bond donors (Lipinski definition) is 2. The van der Waals surface area contributed by atoms with Crippen LogP contribution in [0.2, 0.25) is 0 Å². The van der Waals surface area contributed by atoms with Gasteiger partial charge in [-0.3, -0.25) is 9.80 Å². The molecule has 3 heterocycles. The number of halogens is 3. The standard InChI is InChI=1S/C34H33Br3N4O2/c35-22-9-10-33-28(15-22)29-16-23(36)17-30(37)34(29)41(33)21-25(43)19-39-13-11-38(12-14-39)18-24(42)20-40-31-7-3-1-5-26(31)27-6-2-4-8-32(27)40/h1-10,15-17,24-25,42-43H,11-14,18-21H2/t24-,25-/m1/s1. The summed E-state index contributed by atoms with van der Waals surface area (Å²) in [7, 11) is 0. The summed E-state index contributed by atoms with van der Waals surface area (Å²) in [5, 5.41) is 27.2. The molecule has 6 aromatic rings. The second-order valence-corrected chi connectivity index (χ2v) is 14.3. The minimum atomic E-state index is -0.509. The molecule has 6 nitrogen and oxygen atoms in total. The van der Waals surface area contributed by atoms with E-state index < -0.39 is 12.2 Å². The predicted molar refractivity (Wildman–Crippen MR) is 187 cm³/mol. The van der Waals surface area contributed by atoms with Crippen LogP contribution in [-0.4, -0.2) is 80.6 Å². The number of aliphatic hydroxyl groups is 2. The summed E-state index contributed by atoms with van der Waals surface area (Å²) in [5.74, 6) is 0. The zero-order valence-corrected chi connectivity index (χ0v) is 28.4. The van der Waals surface area contributed by atoms with Crippen molar-refractivity contribution in [1.29, 1.82) is 0 Å². The lowest BCUT2D eigenvalue weighted by Gasteiger charge is -2.36. The molecule has 0 aliphatic carbocycles. The van der Waals surface area contributed by atoms with Gasteiger partial charge in [-0.05, 0) is 58.4 Å². The highest BCUT2D eigenvalue weighted by Crippen LogP contribution is 2.37. The van der Waals surface area contributed by atoms with Gasteiger partial charge in [-0.2, -0.15) is 0 Å². The molecule has 1 aliphatic heterocycles. The average molecular weight is 769 g/mol. The minimum Gasteiger partial charge on any atom is -0.390 e. The quantitative estimate of drug-likeness (QED) is 0.172. The van der Waals surface area contributed by atoms with Crippen LogP contribution in [-0.2, 0) is 13.1 Å². The van der Waals surface area contributed by atoms with Crippen LogP contribution in [0.4, 0.5) is 0 Å². The Kier molecular flexibility index (Phi) is 8.41. The highest BCUT2D eigenvalue weighted by atomic mass is 79.9. The Morgan fingerprint density at radius 3 is 1.65 bits per heavy atom. The summed E-state index contributed by atoms with van der Waals surface area (Å²) >= 11 is 11.0. The van der Waals surface area contributed by atoms with Gasteiger partial charge in [0.2, 0.25) is 0 Å². The van der Waals surface area contributed by atoms with Crippen molar-refractivity contribution in [3.63, 3.8) is 0 Å². The molecule has 2 atom stereocenters. The summed E-state index contributed by atoms with van der Waals surface area (Å²) < 4.78 is 7.55. The molecule has 0 amide bonds. The number of fused-ring (bicyclic) bond motifs is 6. The van der Waals surface area contributed by atoms with E-state index in [0.29, 0.717) is 26.2 Å². The molecular formula is C34H33Br3N4O2. The third-order valence-corrected chi connectivity index (χ3v) is 10.3. The van der Waals surface area contributed by atoms with Gasteiger partial charge in [-0.15, -0.1) is 0 Å². The number of nitrogens with zero attached hydrogens (tertiary/aromatic N) is 4. The van der Waals surface area contributed by atoms with Crippen LogP contribution in [0.5, 0.6) is 0 Å². The van der Waals surface area contributed by atoms with E-state index in [1.807, 2.05) is 0 Å². The molecule has 0 radical (unpaired) electrons. The fraction of sp³-hybridized carbons (Fsp3) is 0.294. The molecule has 4 aromatic carbocycles. The molecule has 7 rings (SSSR count). The number of rotatable bonds is 8. The summed E-state index contributed by atoms with van der Waals surface area (Å²) in [4.78, 5) is 4.69. The molecule has 0 unspecified atom stereocenters. The van der Waals surface area contributed by atoms with Gasteiger partial charge in [0.05, 0.1) is 30.8 Å². The van der Waals surface area contributed by atoms with Crippen LogP contribution in [0.1, 0.15) is 0 Å². The van der Waals surface area contributed by atoms with Crippen LogP contribution >= 0.6 is 47.8 Å². The lowest BCUT2D eigenvalue weighted by atomic mass is 10.2. The van der Waals surface area contributed by atoms with Crippen molar-refractivity contribution in [2.24, 2.45) is 0 Å². The molecule has 0 saturated carbocycles. The van der Waals surface area contributed by atoms with Crippen LogP contribution in [0.3, 0.4) is 0 Å². The van der Waals surface area contributed by atoms with Crippen molar-refractivity contribution in [2.45, 2.75) is 25.3 Å². The fourth-order valence-electron chi connectivity index (χ4n) is 6.80. The van der Waals surface area contributed by atoms with Gasteiger partial charge in [-0.1, -0.05) is 68.3 Å². The largest absolute Gasteiger partial charge is 0.390 e. The number of benzene rings is 4. The number of para-hydroxylation sites is 2. The molecule has 1 fully saturated rings. The number of aliphatic hydroxyl groups excluding tert-OH is 2. The fourth-order valence-corrected chi connectivity index (χ4v) is 8.60. The summed E-state index contributed by atoms with van der Waals surface area (Å²) in [5.41, 5.74) is 4.53. The normalized spacial score (nSPS) is 16.6. The number of aromatic nitrogens is 2. The van der Waals surface area contributed by atoms with E-state index >= 15 is 0 Å². The minimum absolute atomic E-state index is 0.467. The molecule has 0 spiro atoms. The molecule has 1 aliphatic rings. The van der Waals surface area contributed by atoms with Gasteiger partial charge < -0.3 is 19.3 Å². The summed E-state index contributed by atoms with van der Waals surface area (Å²) in [6.07, 6.45) is -0.976. The zero-order chi connectivity index (χ0) is 29.7. The van der Waals surface area contributed by atoms with E-state index in [0.717, 1.165) is 72.4 Å². The Balaban J connectivity index is 0.988. The van der Waals surface area contributed by atoms with Crippen molar-refractivity contribution in [1.82, 2.24) is 18.9 Å². The summed E-state index contributed by atoms with van der Waals surface area (Å²) in [6, 6.07) is 27.4. The number of piperazine rings is 1. The van der Waals surface area contributed by atoms with Gasteiger partial charge in [0.25, 0.3) is 0 Å². The van der Waals surface area contributed by atoms with Gasteiger partial charge >= 0.3 is 0 Å². The first-order chi connectivity index (χ1) is 20.9. The van der Waals surface area contributed by atoms with E-state index in [1.54, 1.807) is 0 Å². The number of β-amino-alcohol motifs (C(OH)–C–C–N with tert-alkyl or cyclic N) is 2. The maximum atomic E-state index is 11.3. The summed E-state index contributed by atoms with van der Waals surface area (Å²) in [6.45, 7) is 5.82. The van der Waals surface area contributed by atoms with Crippen LogP contribution in [0.15, 0.2) is 92.3 Å². The topological polar surface area (TPSA) is 56.8 Å². The lowest BCUT2D eigenvalue weighted by molar-refractivity contribution is 0.0415. The van der Waals surface area contributed by atoms with E-state index in [1.165, 1.54) is 10.8 Å². The molecule has 2 aromatic heterocycles. The molecular weight excluding hydrogens is 736 g/mol. The Morgan fingerprint density at radius 1 is 0.535 bits per heavy atom. The van der Waals surface area contributed by atoms with Crippen molar-refractivity contribution in [3.05, 3.63) is 92.3 Å². The van der Waals surface area contributed by atoms with Crippen molar-refractivity contribution >= 4 is 91.4 Å². The number of hydrogen-bond acceptors (Lipinski definition) is 4. The van der Waals surface area contributed by atoms with Crippen LogP contribution < -0.4 is 0 Å². The highest BCUT2D eigenvalue weighted by Gasteiger charge is 2.23. The van der Waals surface area contributed by atoms with E-state index in [9.17, 15) is 10.2 Å². The molecule has 222 valence electrons. The molecule has 0 bridgehead atoms. The van der Waals surface area contributed by atoms with Crippen molar-refractivity contribution < 1.29 is 10.2 Å². The smallest absolute Gasteiger partial charge is 0.0845 e. The van der Waals surface area contributed by atoms with Gasteiger partial charge in [0.1, 0.15) is 0 Å². The zero-order valence-electron chi connectivity index (χ0n) is 23.6. The molecule has 1 saturated heterocycles. The van der Waals surface area contributed by atoms with E-state index in [-0.39, 0.29) is 0 Å². The van der Waals surface area contributed by atoms with Crippen LogP contribution in [0.25, 0.3) is 43.6 Å². The van der Waals surface area contributed by atoms with Gasteiger partial charge in [0, 0.05) is 90.8 Å². The SMILES string of the molecule is O[C@H](CN1CCN(C[C@@H](O)Cn2c3ccc(Br)cc3c3cc(Br)cc(Br)c32)CC1)Cn1c2ccccc2c2ccccc21.